The number of benzene rings is 1. The maximum Gasteiger partial charge on any atom is 0.326 e. The largest absolute Gasteiger partial charge is 0.480 e. The molecule has 2 aromatic rings. The Morgan fingerprint density at radius 1 is 1.24 bits per heavy atom. The molecular weight excluding hydrogens is 214 g/mol. The van der Waals surface area contributed by atoms with Gasteiger partial charge in [-0.25, -0.2) is 4.79 Å². The second-order valence-electron chi connectivity index (χ2n) is 4.71. The number of carboxylic acid groups (broad SMARTS) is 1. The SMILES string of the molecule is CC(C)c1ccc2c(ccn2C(C)C(=O)O)c1. The molecule has 0 aliphatic carbocycles. The Morgan fingerprint density at radius 2 is 1.94 bits per heavy atom. The molecule has 0 amide bonds. The smallest absolute Gasteiger partial charge is 0.326 e. The molecule has 0 spiro atoms. The molecule has 0 radical (unpaired) electrons. The van der Waals surface area contributed by atoms with E-state index in [1.807, 2.05) is 18.3 Å². The Morgan fingerprint density at radius 3 is 2.53 bits per heavy atom. The van der Waals surface area contributed by atoms with Crippen molar-refractivity contribution in [3.05, 3.63) is 36.0 Å². The van der Waals surface area contributed by atoms with Crippen LogP contribution in [0.25, 0.3) is 10.9 Å². The van der Waals surface area contributed by atoms with Gasteiger partial charge in [0.05, 0.1) is 0 Å². The average Bonchev–Trinajstić information content (AvgIpc) is 2.70. The third kappa shape index (κ3) is 2.05. The highest BCUT2D eigenvalue weighted by molar-refractivity contribution is 5.83. The topological polar surface area (TPSA) is 42.2 Å². The number of hydrogen-bond acceptors (Lipinski definition) is 1. The molecule has 17 heavy (non-hydrogen) atoms. The van der Waals surface area contributed by atoms with Crippen LogP contribution in [0, 0.1) is 0 Å². The van der Waals surface area contributed by atoms with Gasteiger partial charge >= 0.3 is 5.97 Å². The number of aliphatic carboxylic acids is 1. The second kappa shape index (κ2) is 4.24. The van der Waals surface area contributed by atoms with Crippen LogP contribution in [0.3, 0.4) is 0 Å². The van der Waals surface area contributed by atoms with Crippen LogP contribution < -0.4 is 0 Å². The lowest BCUT2D eigenvalue weighted by Crippen LogP contribution is -2.14. The zero-order valence-electron chi connectivity index (χ0n) is 10.3. The molecule has 0 saturated carbocycles. The van der Waals surface area contributed by atoms with E-state index in [9.17, 15) is 4.79 Å². The van der Waals surface area contributed by atoms with E-state index in [0.29, 0.717) is 5.92 Å². The van der Waals surface area contributed by atoms with Gasteiger partial charge in [-0.15, -0.1) is 0 Å². The van der Waals surface area contributed by atoms with Gasteiger partial charge in [0.25, 0.3) is 0 Å². The van der Waals surface area contributed by atoms with E-state index >= 15 is 0 Å². The minimum Gasteiger partial charge on any atom is -0.480 e. The van der Waals surface area contributed by atoms with Gasteiger partial charge in [0.15, 0.2) is 0 Å². The van der Waals surface area contributed by atoms with Crippen LogP contribution >= 0.6 is 0 Å². The Bertz CT molecular complexity index is 554. The molecule has 3 nitrogen and oxygen atoms in total. The van der Waals surface area contributed by atoms with Crippen LogP contribution in [-0.4, -0.2) is 15.6 Å². The minimum atomic E-state index is -0.810. The number of carboxylic acids is 1. The fraction of sp³-hybridized carbons (Fsp3) is 0.357. The van der Waals surface area contributed by atoms with Crippen LogP contribution in [0.4, 0.5) is 0 Å². The lowest BCUT2D eigenvalue weighted by atomic mass is 10.0. The highest BCUT2D eigenvalue weighted by Gasteiger charge is 2.15. The van der Waals surface area contributed by atoms with Crippen molar-refractivity contribution in [2.75, 3.05) is 0 Å². The van der Waals surface area contributed by atoms with Crippen molar-refractivity contribution in [2.45, 2.75) is 32.7 Å². The van der Waals surface area contributed by atoms with Gasteiger partial charge in [0, 0.05) is 11.7 Å². The Kier molecular flexibility index (Phi) is 2.92. The summed E-state index contributed by atoms with van der Waals surface area (Å²) in [6.45, 7) is 5.99. The number of fused-ring (bicyclic) bond motifs is 1. The van der Waals surface area contributed by atoms with E-state index in [-0.39, 0.29) is 0 Å². The Labute approximate surface area is 101 Å². The molecule has 0 aliphatic rings. The molecule has 1 atom stereocenters. The number of aromatic nitrogens is 1. The zero-order valence-corrected chi connectivity index (χ0v) is 10.3. The average molecular weight is 231 g/mol. The van der Waals surface area contributed by atoms with Gasteiger partial charge in [-0.1, -0.05) is 19.9 Å². The number of carbonyl (C=O) groups is 1. The van der Waals surface area contributed by atoms with Crippen molar-refractivity contribution in [1.82, 2.24) is 4.57 Å². The van der Waals surface area contributed by atoms with Gasteiger partial charge in [0.2, 0.25) is 0 Å². The zero-order chi connectivity index (χ0) is 12.6. The maximum absolute atomic E-state index is 11.0. The third-order valence-electron chi connectivity index (χ3n) is 3.19. The summed E-state index contributed by atoms with van der Waals surface area (Å²) in [6, 6.07) is 7.64. The van der Waals surface area contributed by atoms with E-state index < -0.39 is 12.0 Å². The summed E-state index contributed by atoms with van der Waals surface area (Å²) in [5, 5.41) is 10.1. The van der Waals surface area contributed by atoms with Crippen LogP contribution in [0.2, 0.25) is 0 Å². The molecule has 0 fully saturated rings. The first-order valence-corrected chi connectivity index (χ1v) is 5.84. The van der Waals surface area contributed by atoms with Gasteiger partial charge < -0.3 is 9.67 Å². The molecule has 90 valence electrons. The van der Waals surface area contributed by atoms with Crippen molar-refractivity contribution < 1.29 is 9.90 Å². The fourth-order valence-corrected chi connectivity index (χ4v) is 2.00. The van der Waals surface area contributed by atoms with Crippen LogP contribution in [-0.2, 0) is 4.79 Å². The highest BCUT2D eigenvalue weighted by Crippen LogP contribution is 2.24. The predicted molar refractivity (Wildman–Crippen MR) is 68.4 cm³/mol. The van der Waals surface area contributed by atoms with E-state index in [1.165, 1.54) is 5.56 Å². The standard InChI is InChI=1S/C14H17NO2/c1-9(2)11-4-5-13-12(8-11)6-7-15(13)10(3)14(16)17/h4-10H,1-3H3,(H,16,17). The van der Waals surface area contributed by atoms with E-state index in [1.54, 1.807) is 11.5 Å². The summed E-state index contributed by atoms with van der Waals surface area (Å²) in [5.41, 5.74) is 2.25. The summed E-state index contributed by atoms with van der Waals surface area (Å²) in [5.74, 6) is -0.324. The maximum atomic E-state index is 11.0. The van der Waals surface area contributed by atoms with Crippen LogP contribution in [0.5, 0.6) is 0 Å². The second-order valence-corrected chi connectivity index (χ2v) is 4.71. The monoisotopic (exact) mass is 231 g/mol. The molecule has 0 bridgehead atoms. The van der Waals surface area contributed by atoms with Gasteiger partial charge in [0.1, 0.15) is 6.04 Å². The highest BCUT2D eigenvalue weighted by atomic mass is 16.4. The summed E-state index contributed by atoms with van der Waals surface area (Å²) in [4.78, 5) is 11.0. The third-order valence-corrected chi connectivity index (χ3v) is 3.19. The summed E-state index contributed by atoms with van der Waals surface area (Å²) < 4.78 is 1.79. The summed E-state index contributed by atoms with van der Waals surface area (Å²) >= 11 is 0. The van der Waals surface area contributed by atoms with E-state index in [2.05, 4.69) is 26.0 Å². The number of rotatable bonds is 3. The molecule has 0 saturated heterocycles. The molecule has 1 aromatic heterocycles. The van der Waals surface area contributed by atoms with Crippen molar-refractivity contribution >= 4 is 16.9 Å². The van der Waals surface area contributed by atoms with Gasteiger partial charge in [-0.05, 0) is 42.0 Å². The lowest BCUT2D eigenvalue weighted by Gasteiger charge is -2.11. The molecule has 1 N–H and O–H groups in total. The summed E-state index contributed by atoms with van der Waals surface area (Å²) in [7, 11) is 0. The van der Waals surface area contributed by atoms with Crippen molar-refractivity contribution in [2.24, 2.45) is 0 Å². The van der Waals surface area contributed by atoms with Gasteiger partial charge in [-0.3, -0.25) is 0 Å². The normalized spacial score (nSPS) is 13.2. The molecule has 1 unspecified atom stereocenters. The quantitative estimate of drug-likeness (QED) is 0.879. The first-order valence-electron chi connectivity index (χ1n) is 5.84. The first-order chi connectivity index (χ1) is 8.00. The molecule has 3 heteroatoms. The number of nitrogens with zero attached hydrogens (tertiary/aromatic N) is 1. The molecule has 1 aromatic carbocycles. The Hall–Kier alpha value is -1.77. The Balaban J connectivity index is 2.52. The molecule has 2 rings (SSSR count). The first kappa shape index (κ1) is 11.7. The molecule has 1 heterocycles. The minimum absolute atomic E-state index is 0.486. The van der Waals surface area contributed by atoms with Crippen molar-refractivity contribution in [3.8, 4) is 0 Å². The molecular formula is C14H17NO2. The summed E-state index contributed by atoms with van der Waals surface area (Å²) in [6.07, 6.45) is 1.84. The van der Waals surface area contributed by atoms with E-state index in [4.69, 9.17) is 5.11 Å². The van der Waals surface area contributed by atoms with Crippen molar-refractivity contribution in [1.29, 1.82) is 0 Å². The van der Waals surface area contributed by atoms with Gasteiger partial charge in [-0.2, -0.15) is 0 Å². The van der Waals surface area contributed by atoms with Crippen LogP contribution in [0.1, 0.15) is 38.3 Å². The van der Waals surface area contributed by atoms with E-state index in [0.717, 1.165) is 10.9 Å². The lowest BCUT2D eigenvalue weighted by molar-refractivity contribution is -0.140. The number of hydrogen-bond donors (Lipinski definition) is 1. The van der Waals surface area contributed by atoms with Crippen LogP contribution in [0.15, 0.2) is 30.5 Å². The predicted octanol–water partition coefficient (Wildman–Crippen LogP) is 3.41. The van der Waals surface area contributed by atoms with Crippen molar-refractivity contribution in [3.63, 3.8) is 0 Å². The fourth-order valence-electron chi connectivity index (χ4n) is 2.00. The molecule has 0 aliphatic heterocycles.